The fourth-order valence-electron chi connectivity index (χ4n) is 3.39. The molecular weight excluding hydrogens is 388 g/mol. The third kappa shape index (κ3) is 6.49. The zero-order chi connectivity index (χ0) is 22.2. The van der Waals surface area contributed by atoms with Gasteiger partial charge in [0.05, 0.1) is 0 Å². The summed E-state index contributed by atoms with van der Waals surface area (Å²) in [6, 6.07) is 16.2. The van der Waals surface area contributed by atoms with Gasteiger partial charge < -0.3 is 9.84 Å². The first-order chi connectivity index (χ1) is 15.0. The van der Waals surface area contributed by atoms with Crippen molar-refractivity contribution in [1.29, 1.82) is 0 Å². The van der Waals surface area contributed by atoms with Gasteiger partial charge in [0, 0.05) is 30.6 Å². The van der Waals surface area contributed by atoms with Crippen LogP contribution in [0.5, 0.6) is 0 Å². The standard InChI is InChI=1S/C25H32N4O2/c1-5-29(6-2)17-19-8-7-9-22(16-19)26-23(30)14-15-24-27-25(28-31-24)21-12-10-20(11-13-21)18(3)4/h7-13,16,18H,5-6,14-15,17H2,1-4H3,(H,26,30). The number of nitrogens with zero attached hydrogens (tertiary/aromatic N) is 3. The fraction of sp³-hybridized carbons (Fsp3) is 0.400. The van der Waals surface area contributed by atoms with Crippen LogP contribution >= 0.6 is 0 Å². The minimum atomic E-state index is -0.0685. The minimum absolute atomic E-state index is 0.0685. The first kappa shape index (κ1) is 22.7. The fourth-order valence-corrected chi connectivity index (χ4v) is 3.39. The maximum Gasteiger partial charge on any atom is 0.227 e. The average molecular weight is 421 g/mol. The van der Waals surface area contributed by atoms with E-state index < -0.39 is 0 Å². The van der Waals surface area contributed by atoms with Gasteiger partial charge in [0.2, 0.25) is 17.6 Å². The number of benzene rings is 2. The molecule has 0 spiro atoms. The number of hydrogen-bond acceptors (Lipinski definition) is 5. The van der Waals surface area contributed by atoms with Crippen molar-refractivity contribution in [2.75, 3.05) is 18.4 Å². The highest BCUT2D eigenvalue weighted by Gasteiger charge is 2.12. The van der Waals surface area contributed by atoms with E-state index in [4.69, 9.17) is 4.52 Å². The van der Waals surface area contributed by atoms with E-state index in [1.54, 1.807) is 0 Å². The molecule has 0 aliphatic carbocycles. The molecule has 3 aromatic rings. The first-order valence-electron chi connectivity index (χ1n) is 11.0. The normalized spacial score (nSPS) is 11.3. The smallest absolute Gasteiger partial charge is 0.227 e. The molecule has 3 rings (SSSR count). The van der Waals surface area contributed by atoms with Crippen LogP contribution in [0.15, 0.2) is 53.1 Å². The molecule has 0 saturated carbocycles. The molecule has 6 heteroatoms. The summed E-state index contributed by atoms with van der Waals surface area (Å²) in [4.78, 5) is 19.2. The predicted molar refractivity (Wildman–Crippen MR) is 124 cm³/mol. The Labute approximate surface area is 184 Å². The van der Waals surface area contributed by atoms with E-state index >= 15 is 0 Å². The monoisotopic (exact) mass is 420 g/mol. The van der Waals surface area contributed by atoms with Crippen LogP contribution < -0.4 is 5.32 Å². The van der Waals surface area contributed by atoms with Gasteiger partial charge >= 0.3 is 0 Å². The number of aryl methyl sites for hydroxylation is 1. The van der Waals surface area contributed by atoms with Crippen molar-refractivity contribution < 1.29 is 9.32 Å². The van der Waals surface area contributed by atoms with Crippen LogP contribution in [0.25, 0.3) is 11.4 Å². The Kier molecular flexibility index (Phi) is 7.95. The summed E-state index contributed by atoms with van der Waals surface area (Å²) < 4.78 is 5.34. The second-order valence-corrected chi connectivity index (χ2v) is 8.00. The van der Waals surface area contributed by atoms with Crippen molar-refractivity contribution in [3.05, 3.63) is 65.5 Å². The molecule has 6 nitrogen and oxygen atoms in total. The molecule has 0 bridgehead atoms. The Hall–Kier alpha value is -2.99. The molecule has 1 N–H and O–H groups in total. The van der Waals surface area contributed by atoms with Crippen molar-refractivity contribution in [1.82, 2.24) is 15.0 Å². The molecule has 1 aromatic heterocycles. The van der Waals surface area contributed by atoms with Gasteiger partial charge in [-0.2, -0.15) is 4.98 Å². The van der Waals surface area contributed by atoms with Gasteiger partial charge in [-0.3, -0.25) is 9.69 Å². The van der Waals surface area contributed by atoms with Crippen LogP contribution in [0.2, 0.25) is 0 Å². The molecule has 0 fully saturated rings. The van der Waals surface area contributed by atoms with Crippen LogP contribution in [-0.4, -0.2) is 34.0 Å². The van der Waals surface area contributed by atoms with Crippen LogP contribution in [0.1, 0.15) is 57.1 Å². The number of hydrogen-bond donors (Lipinski definition) is 1. The second kappa shape index (κ2) is 10.9. The summed E-state index contributed by atoms with van der Waals surface area (Å²) in [5, 5.41) is 7.03. The number of carbonyl (C=O) groups excluding carboxylic acids is 1. The van der Waals surface area contributed by atoms with E-state index in [0.717, 1.165) is 30.9 Å². The van der Waals surface area contributed by atoms with E-state index in [1.807, 2.05) is 30.3 Å². The van der Waals surface area contributed by atoms with Crippen LogP contribution in [-0.2, 0) is 17.8 Å². The third-order valence-corrected chi connectivity index (χ3v) is 5.38. The van der Waals surface area contributed by atoms with E-state index in [1.165, 1.54) is 11.1 Å². The molecule has 2 aromatic carbocycles. The highest BCUT2D eigenvalue weighted by atomic mass is 16.5. The maximum atomic E-state index is 12.4. The van der Waals surface area contributed by atoms with Gasteiger partial charge in [0.1, 0.15) is 0 Å². The number of nitrogens with one attached hydrogen (secondary N) is 1. The molecule has 1 heterocycles. The average Bonchev–Trinajstić information content (AvgIpc) is 3.25. The molecule has 0 aliphatic rings. The van der Waals surface area contributed by atoms with Crippen LogP contribution in [0, 0.1) is 0 Å². The van der Waals surface area contributed by atoms with E-state index in [0.29, 0.717) is 24.1 Å². The molecule has 0 saturated heterocycles. The molecule has 164 valence electrons. The topological polar surface area (TPSA) is 71.3 Å². The summed E-state index contributed by atoms with van der Waals surface area (Å²) in [5.41, 5.74) is 4.18. The number of carbonyl (C=O) groups is 1. The van der Waals surface area contributed by atoms with Crippen LogP contribution in [0.4, 0.5) is 5.69 Å². The van der Waals surface area contributed by atoms with Crippen molar-refractivity contribution >= 4 is 11.6 Å². The molecule has 0 atom stereocenters. The number of amides is 1. The Balaban J connectivity index is 1.53. The van der Waals surface area contributed by atoms with Crippen molar-refractivity contribution in [3.8, 4) is 11.4 Å². The lowest BCUT2D eigenvalue weighted by atomic mass is 10.0. The maximum absolute atomic E-state index is 12.4. The molecule has 0 aliphatic heterocycles. The summed E-state index contributed by atoms with van der Waals surface area (Å²) >= 11 is 0. The summed E-state index contributed by atoms with van der Waals surface area (Å²) in [6.45, 7) is 11.5. The molecule has 0 radical (unpaired) electrons. The summed E-state index contributed by atoms with van der Waals surface area (Å²) in [5.74, 6) is 1.43. The van der Waals surface area contributed by atoms with Gasteiger partial charge in [0.15, 0.2) is 0 Å². The van der Waals surface area contributed by atoms with Gasteiger partial charge in [-0.25, -0.2) is 0 Å². The summed E-state index contributed by atoms with van der Waals surface area (Å²) in [6.07, 6.45) is 0.691. The van der Waals surface area contributed by atoms with Gasteiger partial charge in [-0.15, -0.1) is 0 Å². The lowest BCUT2D eigenvalue weighted by molar-refractivity contribution is -0.116. The largest absolute Gasteiger partial charge is 0.339 e. The molecule has 0 unspecified atom stereocenters. The van der Waals surface area contributed by atoms with Crippen molar-refractivity contribution in [3.63, 3.8) is 0 Å². The zero-order valence-electron chi connectivity index (χ0n) is 18.9. The van der Waals surface area contributed by atoms with E-state index in [-0.39, 0.29) is 12.3 Å². The minimum Gasteiger partial charge on any atom is -0.339 e. The zero-order valence-corrected chi connectivity index (χ0v) is 18.9. The number of anilines is 1. The first-order valence-corrected chi connectivity index (χ1v) is 11.0. The lowest BCUT2D eigenvalue weighted by Crippen LogP contribution is -2.22. The summed E-state index contributed by atoms with van der Waals surface area (Å²) in [7, 11) is 0. The van der Waals surface area contributed by atoms with Crippen molar-refractivity contribution in [2.24, 2.45) is 0 Å². The molecule has 1 amide bonds. The number of aromatic nitrogens is 2. The Morgan fingerprint density at radius 1 is 1.10 bits per heavy atom. The predicted octanol–water partition coefficient (Wildman–Crippen LogP) is 5.27. The van der Waals surface area contributed by atoms with Gasteiger partial charge in [-0.05, 0) is 42.3 Å². The van der Waals surface area contributed by atoms with E-state index in [9.17, 15) is 4.79 Å². The third-order valence-electron chi connectivity index (χ3n) is 5.38. The molecule has 31 heavy (non-hydrogen) atoms. The highest BCUT2D eigenvalue weighted by Crippen LogP contribution is 2.21. The Morgan fingerprint density at radius 3 is 2.52 bits per heavy atom. The SMILES string of the molecule is CCN(CC)Cc1cccc(NC(=O)CCc2nc(-c3ccc(C(C)C)cc3)no2)c1. The van der Waals surface area contributed by atoms with Gasteiger partial charge in [-0.1, -0.05) is 69.2 Å². The van der Waals surface area contributed by atoms with E-state index in [2.05, 4.69) is 66.3 Å². The van der Waals surface area contributed by atoms with Crippen LogP contribution in [0.3, 0.4) is 0 Å². The van der Waals surface area contributed by atoms with Crippen molar-refractivity contribution in [2.45, 2.75) is 53.0 Å². The number of rotatable bonds is 10. The highest BCUT2D eigenvalue weighted by molar-refractivity contribution is 5.90. The van der Waals surface area contributed by atoms with Gasteiger partial charge in [0.25, 0.3) is 0 Å². The Morgan fingerprint density at radius 2 is 1.84 bits per heavy atom. The Bertz CT molecular complexity index is 975. The second-order valence-electron chi connectivity index (χ2n) is 8.00. The lowest BCUT2D eigenvalue weighted by Gasteiger charge is -2.18. The quantitative estimate of drug-likeness (QED) is 0.484. The molecular formula is C25H32N4O2.